The van der Waals surface area contributed by atoms with Crippen LogP contribution in [0.25, 0.3) is 5.65 Å². The topological polar surface area (TPSA) is 46.4 Å². The van der Waals surface area contributed by atoms with Gasteiger partial charge < -0.3 is 9.72 Å². The minimum absolute atomic E-state index is 0.101. The Balaban J connectivity index is 1.93. The molecule has 0 spiro atoms. The number of anilines is 1. The first-order valence-corrected chi connectivity index (χ1v) is 6.46. The zero-order valence-corrected chi connectivity index (χ0v) is 11.4. The van der Waals surface area contributed by atoms with E-state index in [4.69, 9.17) is 0 Å². The maximum Gasteiger partial charge on any atom is 0.255 e. The van der Waals surface area contributed by atoms with E-state index in [1.165, 1.54) is 0 Å². The van der Waals surface area contributed by atoms with Gasteiger partial charge in [0.25, 0.3) is 5.91 Å². The summed E-state index contributed by atoms with van der Waals surface area (Å²) in [6.45, 7) is 3.93. The SMILES string of the molecule is Cc1cccc(C(=O)Nc2ccc3nccn3c2C)c1. The number of aryl methyl sites for hydroxylation is 2. The van der Waals surface area contributed by atoms with Crippen LogP contribution in [-0.4, -0.2) is 15.3 Å². The van der Waals surface area contributed by atoms with Gasteiger partial charge in [-0.05, 0) is 38.1 Å². The van der Waals surface area contributed by atoms with Crippen molar-refractivity contribution in [3.05, 3.63) is 65.6 Å². The molecule has 0 aliphatic carbocycles. The fourth-order valence-electron chi connectivity index (χ4n) is 2.24. The van der Waals surface area contributed by atoms with Crippen molar-refractivity contribution in [3.8, 4) is 0 Å². The van der Waals surface area contributed by atoms with Crippen LogP contribution >= 0.6 is 0 Å². The van der Waals surface area contributed by atoms with E-state index in [1.54, 1.807) is 6.20 Å². The molecule has 3 aromatic rings. The van der Waals surface area contributed by atoms with Gasteiger partial charge in [-0.1, -0.05) is 17.7 Å². The van der Waals surface area contributed by atoms with Crippen molar-refractivity contribution < 1.29 is 4.79 Å². The van der Waals surface area contributed by atoms with Crippen LogP contribution in [0.15, 0.2) is 48.8 Å². The first kappa shape index (κ1) is 12.4. The number of amides is 1. The molecule has 0 saturated carbocycles. The van der Waals surface area contributed by atoms with Gasteiger partial charge >= 0.3 is 0 Å². The number of benzene rings is 1. The lowest BCUT2D eigenvalue weighted by atomic mass is 10.1. The molecule has 0 aliphatic heterocycles. The van der Waals surface area contributed by atoms with E-state index in [0.29, 0.717) is 5.56 Å². The number of imidazole rings is 1. The van der Waals surface area contributed by atoms with Crippen molar-refractivity contribution in [3.63, 3.8) is 0 Å². The fourth-order valence-corrected chi connectivity index (χ4v) is 2.24. The van der Waals surface area contributed by atoms with Gasteiger partial charge in [0.05, 0.1) is 5.69 Å². The molecule has 1 amide bonds. The van der Waals surface area contributed by atoms with Gasteiger partial charge in [0.15, 0.2) is 0 Å². The molecule has 3 rings (SSSR count). The van der Waals surface area contributed by atoms with Crippen molar-refractivity contribution in [2.45, 2.75) is 13.8 Å². The molecule has 100 valence electrons. The zero-order valence-electron chi connectivity index (χ0n) is 11.4. The highest BCUT2D eigenvalue weighted by Gasteiger charge is 2.09. The Morgan fingerprint density at radius 3 is 2.85 bits per heavy atom. The smallest absolute Gasteiger partial charge is 0.255 e. The van der Waals surface area contributed by atoms with Gasteiger partial charge in [0.2, 0.25) is 0 Å². The summed E-state index contributed by atoms with van der Waals surface area (Å²) >= 11 is 0. The van der Waals surface area contributed by atoms with Gasteiger partial charge in [-0.3, -0.25) is 4.79 Å². The standard InChI is InChI=1S/C16H15N3O/c1-11-4-3-5-13(10-11)16(20)18-14-6-7-15-17-8-9-19(15)12(14)2/h3-10H,1-2H3,(H,18,20). The predicted molar refractivity (Wildman–Crippen MR) is 79.1 cm³/mol. The van der Waals surface area contributed by atoms with Crippen LogP contribution in [0.2, 0.25) is 0 Å². The van der Waals surface area contributed by atoms with Gasteiger partial charge in [0.1, 0.15) is 5.65 Å². The maximum absolute atomic E-state index is 12.3. The van der Waals surface area contributed by atoms with Crippen LogP contribution < -0.4 is 5.32 Å². The van der Waals surface area contributed by atoms with E-state index in [2.05, 4.69) is 10.3 Å². The normalized spacial score (nSPS) is 10.7. The number of fused-ring (bicyclic) bond motifs is 1. The maximum atomic E-state index is 12.3. The van der Waals surface area contributed by atoms with Gasteiger partial charge in [0, 0.05) is 23.7 Å². The van der Waals surface area contributed by atoms with Crippen LogP contribution in [0.4, 0.5) is 5.69 Å². The molecule has 0 fully saturated rings. The summed E-state index contributed by atoms with van der Waals surface area (Å²) in [5.74, 6) is -0.101. The first-order chi connectivity index (χ1) is 9.65. The van der Waals surface area contributed by atoms with Crippen LogP contribution in [0, 0.1) is 13.8 Å². The summed E-state index contributed by atoms with van der Waals surface area (Å²) in [4.78, 5) is 16.5. The molecule has 1 aromatic carbocycles. The number of aromatic nitrogens is 2. The number of carbonyl (C=O) groups excluding carboxylic acids is 1. The zero-order chi connectivity index (χ0) is 14.1. The number of nitrogens with one attached hydrogen (secondary N) is 1. The van der Waals surface area contributed by atoms with Crippen molar-refractivity contribution in [2.75, 3.05) is 5.32 Å². The molecule has 0 atom stereocenters. The van der Waals surface area contributed by atoms with Crippen molar-refractivity contribution in [2.24, 2.45) is 0 Å². The minimum Gasteiger partial charge on any atom is -0.320 e. The van der Waals surface area contributed by atoms with Crippen molar-refractivity contribution in [1.29, 1.82) is 0 Å². The molecule has 2 heterocycles. The minimum atomic E-state index is -0.101. The number of pyridine rings is 1. The molecule has 2 aromatic heterocycles. The van der Waals surface area contributed by atoms with E-state index in [9.17, 15) is 4.79 Å². The first-order valence-electron chi connectivity index (χ1n) is 6.46. The van der Waals surface area contributed by atoms with E-state index < -0.39 is 0 Å². The second kappa shape index (κ2) is 4.81. The summed E-state index contributed by atoms with van der Waals surface area (Å²) in [5.41, 5.74) is 4.36. The molecule has 0 saturated heterocycles. The molecule has 0 radical (unpaired) electrons. The monoisotopic (exact) mass is 265 g/mol. The number of nitrogens with zero attached hydrogens (tertiary/aromatic N) is 2. The largest absolute Gasteiger partial charge is 0.320 e. The average Bonchev–Trinajstić information content (AvgIpc) is 2.91. The number of carbonyl (C=O) groups is 1. The molecule has 4 nitrogen and oxygen atoms in total. The summed E-state index contributed by atoms with van der Waals surface area (Å²) < 4.78 is 1.95. The molecule has 4 heteroatoms. The van der Waals surface area contributed by atoms with E-state index in [1.807, 2.05) is 60.8 Å². The highest BCUT2D eigenvalue weighted by Crippen LogP contribution is 2.17. The molecular weight excluding hydrogens is 250 g/mol. The van der Waals surface area contributed by atoms with Crippen LogP contribution in [-0.2, 0) is 0 Å². The third-order valence-corrected chi connectivity index (χ3v) is 3.35. The lowest BCUT2D eigenvalue weighted by molar-refractivity contribution is 0.102. The summed E-state index contributed by atoms with van der Waals surface area (Å²) in [5, 5.41) is 2.95. The van der Waals surface area contributed by atoms with Gasteiger partial charge in [-0.25, -0.2) is 4.98 Å². The Hall–Kier alpha value is -2.62. The number of rotatable bonds is 2. The van der Waals surface area contributed by atoms with E-state index in [-0.39, 0.29) is 5.91 Å². The summed E-state index contributed by atoms with van der Waals surface area (Å²) in [6.07, 6.45) is 3.63. The highest BCUT2D eigenvalue weighted by atomic mass is 16.1. The second-order valence-corrected chi connectivity index (χ2v) is 4.81. The van der Waals surface area contributed by atoms with E-state index in [0.717, 1.165) is 22.6 Å². The van der Waals surface area contributed by atoms with Crippen molar-refractivity contribution in [1.82, 2.24) is 9.38 Å². The highest BCUT2D eigenvalue weighted by molar-refractivity contribution is 6.04. The predicted octanol–water partition coefficient (Wildman–Crippen LogP) is 3.20. The van der Waals surface area contributed by atoms with Crippen LogP contribution in [0.5, 0.6) is 0 Å². The lowest BCUT2D eigenvalue weighted by Crippen LogP contribution is -2.13. The second-order valence-electron chi connectivity index (χ2n) is 4.81. The average molecular weight is 265 g/mol. The molecular formula is C16H15N3O. The molecule has 20 heavy (non-hydrogen) atoms. The molecule has 0 unspecified atom stereocenters. The van der Waals surface area contributed by atoms with E-state index >= 15 is 0 Å². The third-order valence-electron chi connectivity index (χ3n) is 3.35. The molecule has 0 aliphatic rings. The van der Waals surface area contributed by atoms with Crippen LogP contribution in [0.3, 0.4) is 0 Å². The Labute approximate surface area is 117 Å². The Morgan fingerprint density at radius 1 is 1.20 bits per heavy atom. The quantitative estimate of drug-likeness (QED) is 0.773. The lowest BCUT2D eigenvalue weighted by Gasteiger charge is -2.10. The van der Waals surface area contributed by atoms with Crippen LogP contribution in [0.1, 0.15) is 21.6 Å². The molecule has 0 bridgehead atoms. The van der Waals surface area contributed by atoms with Gasteiger partial charge in [-0.2, -0.15) is 0 Å². The van der Waals surface area contributed by atoms with Gasteiger partial charge in [-0.15, -0.1) is 0 Å². The summed E-state index contributed by atoms with van der Waals surface area (Å²) in [6, 6.07) is 11.3. The Bertz CT molecular complexity index is 789. The molecule has 1 N–H and O–H groups in total. The number of hydrogen-bond donors (Lipinski definition) is 1. The Morgan fingerprint density at radius 2 is 2.05 bits per heavy atom. The fraction of sp³-hybridized carbons (Fsp3) is 0.125. The number of hydrogen-bond acceptors (Lipinski definition) is 2. The third kappa shape index (κ3) is 2.16. The van der Waals surface area contributed by atoms with Crippen molar-refractivity contribution >= 4 is 17.2 Å². The Kier molecular flexibility index (Phi) is 2.99. The summed E-state index contributed by atoms with van der Waals surface area (Å²) in [7, 11) is 0.